The Hall–Kier alpha value is -1.21. The van der Waals surface area contributed by atoms with Crippen molar-refractivity contribution in [2.75, 3.05) is 44.2 Å². The lowest BCUT2D eigenvalue weighted by Gasteiger charge is -2.37. The third-order valence-corrected chi connectivity index (χ3v) is 4.54. The SMILES string of the molecule is O=C([C@@H]1CCCNC1)N1CCN(c2ncc(Br)cn2)CC1. The van der Waals surface area contributed by atoms with Gasteiger partial charge in [-0.05, 0) is 35.3 Å². The van der Waals surface area contributed by atoms with Crippen LogP contribution < -0.4 is 10.2 Å². The predicted octanol–water partition coefficient (Wildman–Crippen LogP) is 0.887. The molecule has 2 aliphatic rings. The molecule has 2 fully saturated rings. The van der Waals surface area contributed by atoms with Gasteiger partial charge < -0.3 is 15.1 Å². The van der Waals surface area contributed by atoms with Crippen LogP contribution in [0.15, 0.2) is 16.9 Å². The summed E-state index contributed by atoms with van der Waals surface area (Å²) < 4.78 is 0.880. The fraction of sp³-hybridized carbons (Fsp3) is 0.643. The second-order valence-corrected chi connectivity index (χ2v) is 6.47. The minimum atomic E-state index is 0.161. The summed E-state index contributed by atoms with van der Waals surface area (Å²) in [4.78, 5) is 25.2. The van der Waals surface area contributed by atoms with E-state index in [4.69, 9.17) is 0 Å². The lowest BCUT2D eigenvalue weighted by Crippen LogP contribution is -2.52. The van der Waals surface area contributed by atoms with Crippen LogP contribution in [0.1, 0.15) is 12.8 Å². The Kier molecular flexibility index (Phi) is 4.70. The molecule has 1 amide bonds. The molecule has 114 valence electrons. The second-order valence-electron chi connectivity index (χ2n) is 5.56. The number of nitrogens with zero attached hydrogens (tertiary/aromatic N) is 4. The summed E-state index contributed by atoms with van der Waals surface area (Å²) in [5.74, 6) is 1.21. The van der Waals surface area contributed by atoms with E-state index < -0.39 is 0 Å². The van der Waals surface area contributed by atoms with E-state index in [-0.39, 0.29) is 5.92 Å². The number of anilines is 1. The van der Waals surface area contributed by atoms with Crippen LogP contribution >= 0.6 is 15.9 Å². The number of piperazine rings is 1. The molecule has 3 heterocycles. The topological polar surface area (TPSA) is 61.4 Å². The first-order valence-electron chi connectivity index (χ1n) is 7.46. The van der Waals surface area contributed by atoms with Crippen molar-refractivity contribution >= 4 is 27.8 Å². The maximum Gasteiger partial charge on any atom is 0.227 e. The predicted molar refractivity (Wildman–Crippen MR) is 84.1 cm³/mol. The number of amides is 1. The summed E-state index contributed by atoms with van der Waals surface area (Å²) >= 11 is 3.34. The van der Waals surface area contributed by atoms with E-state index >= 15 is 0 Å². The molecule has 0 aromatic carbocycles. The van der Waals surface area contributed by atoms with Crippen molar-refractivity contribution in [2.45, 2.75) is 12.8 Å². The highest BCUT2D eigenvalue weighted by Gasteiger charge is 2.28. The zero-order chi connectivity index (χ0) is 14.7. The Morgan fingerprint density at radius 1 is 1.24 bits per heavy atom. The molecule has 0 aliphatic carbocycles. The summed E-state index contributed by atoms with van der Waals surface area (Å²) in [6, 6.07) is 0. The van der Waals surface area contributed by atoms with Gasteiger partial charge in [-0.15, -0.1) is 0 Å². The summed E-state index contributed by atoms with van der Waals surface area (Å²) in [5, 5.41) is 3.31. The molecule has 1 aromatic rings. The first kappa shape index (κ1) is 14.7. The number of carbonyl (C=O) groups is 1. The Bertz CT molecular complexity index is 481. The van der Waals surface area contributed by atoms with Gasteiger partial charge in [-0.25, -0.2) is 9.97 Å². The highest BCUT2D eigenvalue weighted by Crippen LogP contribution is 2.17. The van der Waals surface area contributed by atoms with Crippen LogP contribution in [0.3, 0.4) is 0 Å². The van der Waals surface area contributed by atoms with E-state index in [9.17, 15) is 4.79 Å². The fourth-order valence-electron chi connectivity index (χ4n) is 2.92. The van der Waals surface area contributed by atoms with Gasteiger partial charge in [0.2, 0.25) is 11.9 Å². The average molecular weight is 354 g/mol. The number of hydrogen-bond acceptors (Lipinski definition) is 5. The maximum absolute atomic E-state index is 12.5. The number of rotatable bonds is 2. The highest BCUT2D eigenvalue weighted by atomic mass is 79.9. The van der Waals surface area contributed by atoms with E-state index in [1.54, 1.807) is 12.4 Å². The van der Waals surface area contributed by atoms with Gasteiger partial charge in [0.05, 0.1) is 10.4 Å². The monoisotopic (exact) mass is 353 g/mol. The van der Waals surface area contributed by atoms with Crippen molar-refractivity contribution in [3.63, 3.8) is 0 Å². The largest absolute Gasteiger partial charge is 0.339 e. The van der Waals surface area contributed by atoms with Gasteiger partial charge in [0.1, 0.15) is 0 Å². The molecule has 6 nitrogen and oxygen atoms in total. The summed E-state index contributed by atoms with van der Waals surface area (Å²) in [6.07, 6.45) is 5.63. The third-order valence-electron chi connectivity index (χ3n) is 4.13. The van der Waals surface area contributed by atoms with E-state index in [0.717, 1.165) is 62.5 Å². The lowest BCUT2D eigenvalue weighted by molar-refractivity contribution is -0.136. The Morgan fingerprint density at radius 3 is 2.57 bits per heavy atom. The van der Waals surface area contributed by atoms with E-state index in [1.807, 2.05) is 4.90 Å². The van der Waals surface area contributed by atoms with Crippen molar-refractivity contribution in [1.29, 1.82) is 0 Å². The van der Waals surface area contributed by atoms with Crippen LogP contribution in [0.5, 0.6) is 0 Å². The molecule has 0 radical (unpaired) electrons. The van der Waals surface area contributed by atoms with Crippen LogP contribution in [0.4, 0.5) is 5.95 Å². The van der Waals surface area contributed by atoms with Gasteiger partial charge in [0.25, 0.3) is 0 Å². The first-order chi connectivity index (χ1) is 10.2. The zero-order valence-corrected chi connectivity index (χ0v) is 13.5. The molecule has 2 aliphatic heterocycles. The number of aromatic nitrogens is 2. The van der Waals surface area contributed by atoms with Crippen molar-refractivity contribution in [1.82, 2.24) is 20.2 Å². The molecule has 1 N–H and O–H groups in total. The molecule has 2 saturated heterocycles. The summed E-state index contributed by atoms with van der Waals surface area (Å²) in [7, 11) is 0. The normalized spacial score (nSPS) is 23.2. The van der Waals surface area contributed by atoms with E-state index in [0.29, 0.717) is 5.91 Å². The zero-order valence-electron chi connectivity index (χ0n) is 12.0. The van der Waals surface area contributed by atoms with Crippen molar-refractivity contribution in [3.05, 3.63) is 16.9 Å². The molecule has 1 atom stereocenters. The Labute approximate surface area is 133 Å². The molecule has 21 heavy (non-hydrogen) atoms. The Balaban J connectivity index is 1.54. The first-order valence-corrected chi connectivity index (χ1v) is 8.25. The van der Waals surface area contributed by atoms with Crippen molar-refractivity contribution in [2.24, 2.45) is 5.92 Å². The van der Waals surface area contributed by atoms with E-state index in [1.165, 1.54) is 0 Å². The van der Waals surface area contributed by atoms with Crippen molar-refractivity contribution in [3.8, 4) is 0 Å². The second kappa shape index (κ2) is 6.70. The quantitative estimate of drug-likeness (QED) is 0.855. The van der Waals surface area contributed by atoms with Crippen molar-refractivity contribution < 1.29 is 4.79 Å². The van der Waals surface area contributed by atoms with Gasteiger partial charge in [-0.3, -0.25) is 4.79 Å². The molecule has 1 aromatic heterocycles. The number of hydrogen-bond donors (Lipinski definition) is 1. The molecular weight excluding hydrogens is 334 g/mol. The fourth-order valence-corrected chi connectivity index (χ4v) is 3.12. The van der Waals surface area contributed by atoms with Crippen LogP contribution in [0.2, 0.25) is 0 Å². The number of halogens is 1. The molecule has 3 rings (SSSR count). The van der Waals surface area contributed by atoms with Gasteiger partial charge in [0.15, 0.2) is 0 Å². The van der Waals surface area contributed by atoms with Gasteiger partial charge in [0, 0.05) is 45.1 Å². The number of carbonyl (C=O) groups excluding carboxylic acids is 1. The van der Waals surface area contributed by atoms with Crippen LogP contribution in [0, 0.1) is 5.92 Å². The lowest BCUT2D eigenvalue weighted by atomic mass is 9.98. The van der Waals surface area contributed by atoms with E-state index in [2.05, 4.69) is 36.1 Å². The smallest absolute Gasteiger partial charge is 0.227 e. The molecule has 7 heteroatoms. The third kappa shape index (κ3) is 3.52. The maximum atomic E-state index is 12.5. The molecule has 0 saturated carbocycles. The number of piperidine rings is 1. The van der Waals surface area contributed by atoms with Crippen LogP contribution in [-0.4, -0.2) is 60.0 Å². The standard InChI is InChI=1S/C14H20BrN5O/c15-12-9-17-14(18-10-12)20-6-4-19(5-7-20)13(21)11-2-1-3-16-8-11/h9-11,16H,1-8H2/t11-/m1/s1. The van der Waals surface area contributed by atoms with Crippen LogP contribution in [0.25, 0.3) is 0 Å². The molecule has 0 unspecified atom stereocenters. The summed E-state index contributed by atoms with van der Waals surface area (Å²) in [6.45, 7) is 4.98. The minimum absolute atomic E-state index is 0.161. The number of nitrogens with one attached hydrogen (secondary N) is 1. The van der Waals surface area contributed by atoms with Gasteiger partial charge >= 0.3 is 0 Å². The molecule has 0 spiro atoms. The summed E-state index contributed by atoms with van der Waals surface area (Å²) in [5.41, 5.74) is 0. The average Bonchev–Trinajstić information content (AvgIpc) is 2.56. The molecule has 0 bridgehead atoms. The van der Waals surface area contributed by atoms with Gasteiger partial charge in [-0.2, -0.15) is 0 Å². The minimum Gasteiger partial charge on any atom is -0.339 e. The highest BCUT2D eigenvalue weighted by molar-refractivity contribution is 9.10. The van der Waals surface area contributed by atoms with Gasteiger partial charge in [-0.1, -0.05) is 0 Å². The molecular formula is C14H20BrN5O. The Morgan fingerprint density at radius 2 is 1.95 bits per heavy atom. The van der Waals surface area contributed by atoms with Crippen LogP contribution in [-0.2, 0) is 4.79 Å².